The lowest BCUT2D eigenvalue weighted by Gasteiger charge is -2.06. The van der Waals surface area contributed by atoms with Crippen molar-refractivity contribution in [2.75, 3.05) is 5.73 Å². The zero-order valence-electron chi connectivity index (χ0n) is 8.23. The van der Waals surface area contributed by atoms with Gasteiger partial charge in [-0.25, -0.2) is 0 Å². The number of anilines is 1. The molecule has 0 radical (unpaired) electrons. The second-order valence-corrected chi connectivity index (χ2v) is 3.29. The van der Waals surface area contributed by atoms with E-state index in [4.69, 9.17) is 5.73 Å². The number of nitrogen functional groups attached to an aromatic ring is 1. The Bertz CT molecular complexity index is 459. The van der Waals surface area contributed by atoms with Crippen LogP contribution in [0.15, 0.2) is 24.5 Å². The molecule has 0 fully saturated rings. The Balaban J connectivity index is 2.53. The quantitative estimate of drug-likeness (QED) is 0.689. The summed E-state index contributed by atoms with van der Waals surface area (Å²) in [7, 11) is 0. The number of nitrogens with two attached hydrogens (primary N) is 1. The molecular weight excluding hydrogens is 176 g/mol. The first-order chi connectivity index (χ1) is 6.68. The monoisotopic (exact) mass is 188 g/mol. The van der Waals surface area contributed by atoms with Crippen LogP contribution in [0.4, 0.5) is 5.69 Å². The van der Waals surface area contributed by atoms with Gasteiger partial charge < -0.3 is 5.73 Å². The van der Waals surface area contributed by atoms with E-state index in [1.165, 1.54) is 0 Å². The average Bonchev–Trinajstić information content (AvgIpc) is 2.57. The van der Waals surface area contributed by atoms with Gasteiger partial charge in [0.05, 0.1) is 5.69 Å². The predicted molar refractivity (Wildman–Crippen MR) is 55.2 cm³/mol. The number of hydrogen-bond acceptors (Lipinski definition) is 3. The van der Waals surface area contributed by atoms with E-state index >= 15 is 0 Å². The molecule has 72 valence electrons. The van der Waals surface area contributed by atoms with Crippen LogP contribution in [-0.2, 0) is 0 Å². The van der Waals surface area contributed by atoms with Gasteiger partial charge in [0.1, 0.15) is 12.2 Å². The fourth-order valence-corrected chi connectivity index (χ4v) is 1.32. The van der Waals surface area contributed by atoms with E-state index in [-0.39, 0.29) is 0 Å². The van der Waals surface area contributed by atoms with Crippen molar-refractivity contribution in [1.29, 1.82) is 0 Å². The maximum atomic E-state index is 5.82. The summed E-state index contributed by atoms with van der Waals surface area (Å²) in [5, 5.41) is 7.74. The summed E-state index contributed by atoms with van der Waals surface area (Å²) in [6.07, 6.45) is 1.68. The van der Waals surface area contributed by atoms with Crippen LogP contribution in [-0.4, -0.2) is 14.8 Å². The summed E-state index contributed by atoms with van der Waals surface area (Å²) in [5.74, 6) is 0.855. The van der Waals surface area contributed by atoms with Gasteiger partial charge in [-0.1, -0.05) is 6.07 Å². The highest BCUT2D eigenvalue weighted by Gasteiger charge is 2.02. The van der Waals surface area contributed by atoms with Crippen molar-refractivity contribution in [2.24, 2.45) is 0 Å². The van der Waals surface area contributed by atoms with Crippen molar-refractivity contribution in [1.82, 2.24) is 14.8 Å². The summed E-state index contributed by atoms with van der Waals surface area (Å²) in [6.45, 7) is 3.89. The van der Waals surface area contributed by atoms with Gasteiger partial charge >= 0.3 is 0 Å². The van der Waals surface area contributed by atoms with Gasteiger partial charge in [0.15, 0.2) is 0 Å². The SMILES string of the molecule is Cc1ccc(-n2cnnc2C)cc1N. The van der Waals surface area contributed by atoms with E-state index < -0.39 is 0 Å². The number of aromatic nitrogens is 3. The number of benzene rings is 1. The molecule has 0 unspecified atom stereocenters. The lowest BCUT2D eigenvalue weighted by molar-refractivity contribution is 0.969. The summed E-state index contributed by atoms with van der Waals surface area (Å²) in [4.78, 5) is 0. The van der Waals surface area contributed by atoms with E-state index in [2.05, 4.69) is 10.2 Å². The van der Waals surface area contributed by atoms with E-state index in [1.807, 2.05) is 36.6 Å². The molecular formula is C10H12N4. The van der Waals surface area contributed by atoms with Crippen LogP contribution in [0.5, 0.6) is 0 Å². The third-order valence-corrected chi connectivity index (χ3v) is 2.26. The smallest absolute Gasteiger partial charge is 0.134 e. The molecule has 0 spiro atoms. The highest BCUT2D eigenvalue weighted by molar-refractivity contribution is 5.53. The predicted octanol–water partition coefficient (Wildman–Crippen LogP) is 1.47. The third kappa shape index (κ3) is 1.35. The summed E-state index contributed by atoms with van der Waals surface area (Å²) >= 11 is 0. The van der Waals surface area contributed by atoms with E-state index in [0.29, 0.717) is 0 Å². The van der Waals surface area contributed by atoms with Gasteiger partial charge in [-0.2, -0.15) is 0 Å². The van der Waals surface area contributed by atoms with Crippen molar-refractivity contribution in [2.45, 2.75) is 13.8 Å². The first-order valence-corrected chi connectivity index (χ1v) is 4.41. The van der Waals surface area contributed by atoms with Crippen LogP contribution in [0.25, 0.3) is 5.69 Å². The van der Waals surface area contributed by atoms with E-state index in [0.717, 1.165) is 22.8 Å². The van der Waals surface area contributed by atoms with Crippen molar-refractivity contribution < 1.29 is 0 Å². The Morgan fingerprint density at radius 1 is 1.29 bits per heavy atom. The number of hydrogen-bond donors (Lipinski definition) is 1. The van der Waals surface area contributed by atoms with Gasteiger partial charge in [0, 0.05) is 5.69 Å². The maximum Gasteiger partial charge on any atom is 0.134 e. The van der Waals surface area contributed by atoms with Crippen molar-refractivity contribution >= 4 is 5.69 Å². The molecule has 0 saturated carbocycles. The molecule has 0 aliphatic heterocycles. The molecule has 4 heteroatoms. The molecule has 0 atom stereocenters. The van der Waals surface area contributed by atoms with Crippen LogP contribution in [0.3, 0.4) is 0 Å². The minimum absolute atomic E-state index is 0.788. The van der Waals surface area contributed by atoms with E-state index in [1.54, 1.807) is 6.33 Å². The minimum Gasteiger partial charge on any atom is -0.398 e. The maximum absolute atomic E-state index is 5.82. The van der Waals surface area contributed by atoms with Crippen LogP contribution in [0, 0.1) is 13.8 Å². The fraction of sp³-hybridized carbons (Fsp3) is 0.200. The highest BCUT2D eigenvalue weighted by atomic mass is 15.3. The van der Waals surface area contributed by atoms with E-state index in [9.17, 15) is 0 Å². The molecule has 0 amide bonds. The van der Waals surface area contributed by atoms with Gasteiger partial charge in [0.25, 0.3) is 0 Å². The van der Waals surface area contributed by atoms with Crippen molar-refractivity contribution in [3.63, 3.8) is 0 Å². The number of rotatable bonds is 1. The molecule has 1 aromatic heterocycles. The van der Waals surface area contributed by atoms with Crippen LogP contribution >= 0.6 is 0 Å². The standard InChI is InChI=1S/C10H12N4/c1-7-3-4-9(5-10(7)11)14-6-12-13-8(14)2/h3-6H,11H2,1-2H3. The Hall–Kier alpha value is -1.84. The first-order valence-electron chi connectivity index (χ1n) is 4.41. The van der Waals surface area contributed by atoms with Gasteiger partial charge in [-0.05, 0) is 31.5 Å². The lowest BCUT2D eigenvalue weighted by Crippen LogP contribution is -1.98. The van der Waals surface area contributed by atoms with Crippen molar-refractivity contribution in [3.05, 3.63) is 35.9 Å². The summed E-state index contributed by atoms with van der Waals surface area (Å²) < 4.78 is 1.90. The highest BCUT2D eigenvalue weighted by Crippen LogP contribution is 2.16. The molecule has 0 aliphatic carbocycles. The lowest BCUT2D eigenvalue weighted by atomic mass is 10.2. The summed E-state index contributed by atoms with van der Waals surface area (Å²) in [5.41, 5.74) is 8.69. The zero-order valence-corrected chi connectivity index (χ0v) is 8.23. The van der Waals surface area contributed by atoms with Gasteiger partial charge in [-0.3, -0.25) is 4.57 Å². The molecule has 2 rings (SSSR count). The van der Waals surface area contributed by atoms with Crippen LogP contribution in [0.2, 0.25) is 0 Å². The normalized spacial score (nSPS) is 10.4. The Kier molecular flexibility index (Phi) is 1.96. The topological polar surface area (TPSA) is 56.7 Å². The van der Waals surface area contributed by atoms with Crippen molar-refractivity contribution in [3.8, 4) is 5.69 Å². The zero-order chi connectivity index (χ0) is 10.1. The molecule has 0 bridgehead atoms. The molecule has 0 aliphatic rings. The molecule has 4 nitrogen and oxygen atoms in total. The average molecular weight is 188 g/mol. The number of aryl methyl sites for hydroxylation is 2. The first kappa shape index (κ1) is 8.74. The Morgan fingerprint density at radius 3 is 2.64 bits per heavy atom. The largest absolute Gasteiger partial charge is 0.398 e. The molecule has 2 aromatic rings. The Labute approximate surface area is 82.4 Å². The molecule has 0 saturated heterocycles. The minimum atomic E-state index is 0.788. The summed E-state index contributed by atoms with van der Waals surface area (Å²) in [6, 6.07) is 5.91. The van der Waals surface area contributed by atoms with Crippen LogP contribution in [0.1, 0.15) is 11.4 Å². The molecule has 14 heavy (non-hydrogen) atoms. The Morgan fingerprint density at radius 2 is 2.07 bits per heavy atom. The molecule has 2 N–H and O–H groups in total. The molecule has 1 aromatic carbocycles. The fourth-order valence-electron chi connectivity index (χ4n) is 1.32. The molecule has 1 heterocycles. The number of nitrogens with zero attached hydrogens (tertiary/aromatic N) is 3. The second kappa shape index (κ2) is 3.14. The van der Waals surface area contributed by atoms with Gasteiger partial charge in [-0.15, -0.1) is 10.2 Å². The van der Waals surface area contributed by atoms with Gasteiger partial charge in [0.2, 0.25) is 0 Å². The third-order valence-electron chi connectivity index (χ3n) is 2.26. The second-order valence-electron chi connectivity index (χ2n) is 3.29. The van der Waals surface area contributed by atoms with Crippen LogP contribution < -0.4 is 5.73 Å².